The van der Waals surface area contributed by atoms with E-state index >= 15 is 0 Å². The molecule has 0 N–H and O–H groups in total. The number of hydrogen-bond acceptors (Lipinski definition) is 2. The van der Waals surface area contributed by atoms with Gasteiger partial charge in [0.1, 0.15) is 6.61 Å². The molecule has 0 atom stereocenters. The molecular formula is C7H10Cl2O2Si. The van der Waals surface area contributed by atoms with Gasteiger partial charge in [-0.1, -0.05) is 18.4 Å². The molecule has 0 fully saturated rings. The molecule has 0 radical (unpaired) electrons. The molecule has 0 spiro atoms. The highest BCUT2D eigenvalue weighted by atomic mass is 35.7. The maximum atomic E-state index is 10.5. The average molecular weight is 225 g/mol. The van der Waals surface area contributed by atoms with Crippen molar-refractivity contribution in [2.45, 2.75) is 6.55 Å². The SMILES string of the molecule is C=CC(=O)OCC=C[Si](C)(Cl)Cl. The second kappa shape index (κ2) is 5.40. The van der Waals surface area contributed by atoms with E-state index < -0.39 is 12.7 Å². The van der Waals surface area contributed by atoms with Crippen molar-refractivity contribution in [2.75, 3.05) is 6.61 Å². The zero-order valence-corrected chi connectivity index (χ0v) is 9.23. The maximum absolute atomic E-state index is 10.5. The van der Waals surface area contributed by atoms with E-state index in [0.29, 0.717) is 0 Å². The molecule has 12 heavy (non-hydrogen) atoms. The van der Waals surface area contributed by atoms with Crippen LogP contribution in [0.15, 0.2) is 24.4 Å². The smallest absolute Gasteiger partial charge is 0.330 e. The van der Waals surface area contributed by atoms with Crippen LogP contribution < -0.4 is 0 Å². The number of carbonyl (C=O) groups is 1. The molecule has 0 rings (SSSR count). The van der Waals surface area contributed by atoms with Crippen LogP contribution in [0.3, 0.4) is 0 Å². The Hall–Kier alpha value is -0.253. The Labute approximate surface area is 82.2 Å². The monoisotopic (exact) mass is 224 g/mol. The molecule has 5 heteroatoms. The molecule has 0 bridgehead atoms. The summed E-state index contributed by atoms with van der Waals surface area (Å²) in [6, 6.07) is 0. The fourth-order valence-electron chi connectivity index (χ4n) is 0.444. The zero-order chi connectivity index (χ0) is 9.61. The van der Waals surface area contributed by atoms with Gasteiger partial charge in [-0.2, -0.15) is 0 Å². The number of esters is 1. The van der Waals surface area contributed by atoms with Gasteiger partial charge in [-0.15, -0.1) is 22.2 Å². The van der Waals surface area contributed by atoms with E-state index in [1.165, 1.54) is 0 Å². The van der Waals surface area contributed by atoms with Crippen LogP contribution in [0.1, 0.15) is 0 Å². The van der Waals surface area contributed by atoms with E-state index in [0.717, 1.165) is 6.08 Å². The summed E-state index contributed by atoms with van der Waals surface area (Å²) in [6.45, 7) is 2.99. The third-order valence-corrected chi connectivity index (χ3v) is 2.48. The van der Waals surface area contributed by atoms with Gasteiger partial charge in [0.25, 0.3) is 6.69 Å². The molecule has 0 aromatic rings. The van der Waals surface area contributed by atoms with E-state index in [1.807, 2.05) is 0 Å². The first kappa shape index (κ1) is 11.7. The van der Waals surface area contributed by atoms with Crippen LogP contribution >= 0.6 is 22.2 Å². The molecule has 0 heterocycles. The Bertz CT molecular complexity index is 196. The summed E-state index contributed by atoms with van der Waals surface area (Å²) in [5.41, 5.74) is 1.67. The van der Waals surface area contributed by atoms with Crippen molar-refractivity contribution in [3.05, 3.63) is 24.4 Å². The van der Waals surface area contributed by atoms with Crippen LogP contribution in [0, 0.1) is 0 Å². The highest BCUT2D eigenvalue weighted by Gasteiger charge is 2.14. The predicted octanol–water partition coefficient (Wildman–Crippen LogP) is 2.36. The van der Waals surface area contributed by atoms with Gasteiger partial charge in [0.15, 0.2) is 0 Å². The number of hydrogen-bond donors (Lipinski definition) is 0. The summed E-state index contributed by atoms with van der Waals surface area (Å²) < 4.78 is 4.65. The first-order valence-electron chi connectivity index (χ1n) is 3.30. The zero-order valence-electron chi connectivity index (χ0n) is 6.72. The molecule has 0 amide bonds. The maximum Gasteiger partial charge on any atom is 0.330 e. The Morgan fingerprint density at radius 2 is 2.25 bits per heavy atom. The van der Waals surface area contributed by atoms with Crippen LogP contribution in [0.25, 0.3) is 0 Å². The van der Waals surface area contributed by atoms with E-state index in [9.17, 15) is 4.79 Å². The first-order chi connectivity index (χ1) is 5.45. The molecule has 0 aliphatic carbocycles. The summed E-state index contributed by atoms with van der Waals surface area (Å²) in [5.74, 6) is -0.452. The van der Waals surface area contributed by atoms with Crippen LogP contribution in [-0.2, 0) is 9.53 Å². The van der Waals surface area contributed by atoms with Crippen LogP contribution in [-0.4, -0.2) is 19.3 Å². The van der Waals surface area contributed by atoms with E-state index in [-0.39, 0.29) is 6.61 Å². The summed E-state index contributed by atoms with van der Waals surface area (Å²) in [7, 11) is 0. The van der Waals surface area contributed by atoms with Crippen molar-refractivity contribution in [1.29, 1.82) is 0 Å². The van der Waals surface area contributed by atoms with Crippen molar-refractivity contribution in [3.63, 3.8) is 0 Å². The number of carbonyl (C=O) groups excluding carboxylic acids is 1. The number of rotatable bonds is 4. The van der Waals surface area contributed by atoms with Crippen molar-refractivity contribution >= 4 is 34.8 Å². The second-order valence-electron chi connectivity index (χ2n) is 2.19. The fraction of sp³-hybridized carbons (Fsp3) is 0.286. The van der Waals surface area contributed by atoms with Crippen LogP contribution in [0.5, 0.6) is 0 Å². The van der Waals surface area contributed by atoms with E-state index in [2.05, 4.69) is 11.3 Å². The summed E-state index contributed by atoms with van der Waals surface area (Å²) in [4.78, 5) is 10.5. The summed E-state index contributed by atoms with van der Waals surface area (Å²) in [6.07, 6.45) is 2.74. The fourth-order valence-corrected chi connectivity index (χ4v) is 1.49. The van der Waals surface area contributed by atoms with Gasteiger partial charge < -0.3 is 4.74 Å². The van der Waals surface area contributed by atoms with Gasteiger partial charge in [-0.3, -0.25) is 0 Å². The minimum Gasteiger partial charge on any atom is -0.458 e. The Morgan fingerprint density at radius 1 is 1.67 bits per heavy atom. The Balaban J connectivity index is 3.63. The minimum atomic E-state index is -2.19. The predicted molar refractivity (Wildman–Crippen MR) is 53.6 cm³/mol. The lowest BCUT2D eigenvalue weighted by atomic mass is 10.6. The van der Waals surface area contributed by atoms with E-state index in [4.69, 9.17) is 22.2 Å². The Morgan fingerprint density at radius 3 is 2.67 bits per heavy atom. The van der Waals surface area contributed by atoms with Crippen LogP contribution in [0.4, 0.5) is 0 Å². The molecule has 2 nitrogen and oxygen atoms in total. The van der Waals surface area contributed by atoms with Gasteiger partial charge in [0.05, 0.1) is 0 Å². The highest BCUT2D eigenvalue weighted by molar-refractivity contribution is 7.47. The third-order valence-electron chi connectivity index (χ3n) is 0.899. The van der Waals surface area contributed by atoms with Gasteiger partial charge in [-0.25, -0.2) is 4.79 Å². The first-order valence-corrected chi connectivity index (χ1v) is 7.90. The lowest BCUT2D eigenvalue weighted by Crippen LogP contribution is -2.08. The number of halogens is 2. The lowest BCUT2D eigenvalue weighted by Gasteiger charge is -2.01. The molecule has 0 aliphatic heterocycles. The Kier molecular flexibility index (Phi) is 5.29. The normalized spacial score (nSPS) is 11.6. The molecule has 0 saturated heterocycles. The molecule has 0 aromatic carbocycles. The number of ether oxygens (including phenoxy) is 1. The van der Waals surface area contributed by atoms with Gasteiger partial charge in [0.2, 0.25) is 0 Å². The summed E-state index contributed by atoms with van der Waals surface area (Å²) in [5, 5.41) is 0. The molecule has 0 aromatic heterocycles. The molecule has 0 unspecified atom stereocenters. The van der Waals surface area contributed by atoms with Gasteiger partial charge in [0, 0.05) is 6.08 Å². The van der Waals surface area contributed by atoms with Crippen molar-refractivity contribution in [1.82, 2.24) is 0 Å². The minimum absolute atomic E-state index is 0.187. The second-order valence-corrected chi connectivity index (χ2v) is 9.73. The largest absolute Gasteiger partial charge is 0.458 e. The molecule has 68 valence electrons. The standard InChI is InChI=1S/C7H10Cl2O2Si/c1-3-7(10)11-5-4-6-12(2,8)9/h3-4,6H,1,5H2,2H3. The van der Waals surface area contributed by atoms with Crippen molar-refractivity contribution < 1.29 is 9.53 Å². The lowest BCUT2D eigenvalue weighted by molar-refractivity contribution is -0.136. The van der Waals surface area contributed by atoms with E-state index in [1.54, 1.807) is 18.3 Å². The third kappa shape index (κ3) is 7.85. The van der Waals surface area contributed by atoms with Crippen molar-refractivity contribution in [3.8, 4) is 0 Å². The molecule has 0 saturated carbocycles. The topological polar surface area (TPSA) is 26.3 Å². The van der Waals surface area contributed by atoms with Crippen molar-refractivity contribution in [2.24, 2.45) is 0 Å². The highest BCUT2D eigenvalue weighted by Crippen LogP contribution is 2.14. The molecular weight excluding hydrogens is 215 g/mol. The quantitative estimate of drug-likeness (QED) is 0.318. The van der Waals surface area contributed by atoms with Gasteiger partial charge >= 0.3 is 5.97 Å². The van der Waals surface area contributed by atoms with Gasteiger partial charge in [-0.05, 0) is 6.55 Å². The summed E-state index contributed by atoms with van der Waals surface area (Å²) >= 11 is 11.5. The van der Waals surface area contributed by atoms with Crippen LogP contribution in [0.2, 0.25) is 6.55 Å². The molecule has 0 aliphatic rings. The average Bonchev–Trinajstić information content (AvgIpc) is 1.96.